The topological polar surface area (TPSA) is 108 Å². The molecular formula is C34H40N6O3. The van der Waals surface area contributed by atoms with E-state index in [1.54, 1.807) is 12.4 Å². The van der Waals surface area contributed by atoms with E-state index in [9.17, 15) is 4.79 Å². The number of nitrogens with zero attached hydrogens (tertiary/aromatic N) is 4. The number of fused-ring (bicyclic) bond motifs is 1. The molecule has 0 spiro atoms. The summed E-state index contributed by atoms with van der Waals surface area (Å²) in [4.78, 5) is 23.8. The van der Waals surface area contributed by atoms with Gasteiger partial charge in [0.15, 0.2) is 0 Å². The maximum Gasteiger partial charge on any atom is 0.246 e. The van der Waals surface area contributed by atoms with Gasteiger partial charge in [-0.3, -0.25) is 4.79 Å². The first-order chi connectivity index (χ1) is 21.1. The molecule has 1 amide bonds. The molecule has 43 heavy (non-hydrogen) atoms. The summed E-state index contributed by atoms with van der Waals surface area (Å²) in [5.41, 5.74) is 10.8. The third-order valence-corrected chi connectivity index (χ3v) is 8.19. The second kappa shape index (κ2) is 13.4. The van der Waals surface area contributed by atoms with Gasteiger partial charge in [0.1, 0.15) is 29.3 Å². The summed E-state index contributed by atoms with van der Waals surface area (Å²) in [5, 5.41) is 3.93. The molecule has 2 aromatic heterocycles. The quantitative estimate of drug-likeness (QED) is 0.258. The predicted octanol–water partition coefficient (Wildman–Crippen LogP) is 5.70. The molecule has 0 radical (unpaired) electrons. The number of benzene rings is 2. The summed E-state index contributed by atoms with van der Waals surface area (Å²) in [6.07, 6.45) is 10.8. The minimum atomic E-state index is 0.0514. The second-order valence-corrected chi connectivity index (χ2v) is 11.3. The summed E-state index contributed by atoms with van der Waals surface area (Å²) in [6.45, 7) is 4.05. The van der Waals surface area contributed by atoms with Crippen molar-refractivity contribution in [1.29, 1.82) is 0 Å². The van der Waals surface area contributed by atoms with Gasteiger partial charge in [0.05, 0.1) is 11.4 Å². The first-order valence-corrected chi connectivity index (χ1v) is 15.3. The zero-order chi connectivity index (χ0) is 29.6. The lowest BCUT2D eigenvalue weighted by molar-refractivity contribution is -0.125. The molecule has 1 saturated carbocycles. The Morgan fingerprint density at radius 2 is 1.79 bits per heavy atom. The van der Waals surface area contributed by atoms with Crippen molar-refractivity contribution in [2.24, 2.45) is 0 Å². The van der Waals surface area contributed by atoms with Crippen LogP contribution >= 0.6 is 0 Å². The van der Waals surface area contributed by atoms with Gasteiger partial charge in [-0.25, -0.2) is 9.97 Å². The number of ether oxygens (including phenoxy) is 2. The monoisotopic (exact) mass is 580 g/mol. The van der Waals surface area contributed by atoms with Gasteiger partial charge in [-0.2, -0.15) is 0 Å². The number of hydrogen-bond acceptors (Lipinski definition) is 7. The van der Waals surface area contributed by atoms with E-state index in [2.05, 4.69) is 27.0 Å². The van der Waals surface area contributed by atoms with Crippen LogP contribution in [0.4, 0.5) is 5.82 Å². The van der Waals surface area contributed by atoms with Crippen LogP contribution in [-0.2, 0) is 9.53 Å². The molecule has 4 heterocycles. The molecule has 1 atom stereocenters. The lowest BCUT2D eigenvalue weighted by atomic mass is 10.0. The van der Waals surface area contributed by atoms with Gasteiger partial charge in [0.2, 0.25) is 5.91 Å². The molecule has 224 valence electrons. The first kappa shape index (κ1) is 28.9. The van der Waals surface area contributed by atoms with Crippen LogP contribution in [0.5, 0.6) is 11.5 Å². The van der Waals surface area contributed by atoms with E-state index in [-0.39, 0.29) is 11.9 Å². The van der Waals surface area contributed by atoms with Crippen molar-refractivity contribution in [3.63, 3.8) is 0 Å². The number of likely N-dealkylation sites (N-methyl/N-ethyl adjacent to an activating group) is 1. The highest BCUT2D eigenvalue weighted by molar-refractivity contribution is 6.03. The predicted molar refractivity (Wildman–Crippen MR) is 169 cm³/mol. The number of para-hydroxylation sites is 1. The Balaban J connectivity index is 0.000000599. The van der Waals surface area contributed by atoms with Gasteiger partial charge in [0, 0.05) is 50.2 Å². The highest BCUT2D eigenvalue weighted by Gasteiger charge is 2.38. The average Bonchev–Trinajstić information content (AvgIpc) is 3.40. The molecule has 4 aromatic rings. The molecule has 3 N–H and O–H groups in total. The Labute approximate surface area is 252 Å². The largest absolute Gasteiger partial charge is 0.457 e. The Morgan fingerprint density at radius 3 is 2.47 bits per heavy atom. The SMILES string of the molecule is C1CCOC1.CNC/C=C/C(=O)N1CCC(n2c(C3CC3)c(-c3ccc(Oc4ccccc4)cc3)c3c(N)ncnc32)C1. The van der Waals surface area contributed by atoms with Crippen LogP contribution in [0.2, 0.25) is 0 Å². The van der Waals surface area contributed by atoms with Crippen LogP contribution < -0.4 is 15.8 Å². The number of anilines is 1. The normalized spacial score (nSPS) is 18.3. The van der Waals surface area contributed by atoms with Crippen molar-refractivity contribution in [1.82, 2.24) is 24.8 Å². The fourth-order valence-electron chi connectivity index (χ4n) is 5.95. The number of aromatic nitrogens is 3. The number of nitrogen functional groups attached to an aromatic ring is 1. The molecule has 3 aliphatic rings. The maximum atomic E-state index is 12.8. The molecule has 1 aliphatic carbocycles. The molecule has 0 bridgehead atoms. The molecule has 2 aromatic carbocycles. The van der Waals surface area contributed by atoms with E-state index >= 15 is 0 Å². The van der Waals surface area contributed by atoms with Crippen molar-refractivity contribution in [2.45, 2.75) is 44.1 Å². The maximum absolute atomic E-state index is 12.8. The third kappa shape index (κ3) is 6.58. The lowest BCUT2D eigenvalue weighted by Crippen LogP contribution is -2.28. The minimum absolute atomic E-state index is 0.0514. The molecule has 9 heteroatoms. The van der Waals surface area contributed by atoms with Crippen LogP contribution in [0, 0.1) is 0 Å². The highest BCUT2D eigenvalue weighted by atomic mass is 16.5. The number of hydrogen-bond donors (Lipinski definition) is 2. The van der Waals surface area contributed by atoms with Gasteiger partial charge >= 0.3 is 0 Å². The average molecular weight is 581 g/mol. The first-order valence-electron chi connectivity index (χ1n) is 15.3. The second-order valence-electron chi connectivity index (χ2n) is 11.3. The van der Waals surface area contributed by atoms with E-state index in [1.807, 2.05) is 60.5 Å². The van der Waals surface area contributed by atoms with Crippen molar-refractivity contribution < 1.29 is 14.3 Å². The van der Waals surface area contributed by atoms with Crippen molar-refractivity contribution in [3.05, 3.63) is 78.8 Å². The number of amides is 1. The smallest absolute Gasteiger partial charge is 0.246 e. The summed E-state index contributed by atoms with van der Waals surface area (Å²) >= 11 is 0. The summed E-state index contributed by atoms with van der Waals surface area (Å²) in [6, 6.07) is 18.1. The van der Waals surface area contributed by atoms with Crippen LogP contribution in [-0.4, -0.2) is 65.2 Å². The highest BCUT2D eigenvalue weighted by Crippen LogP contribution is 2.51. The molecule has 3 fully saturated rings. The molecule has 2 saturated heterocycles. The van der Waals surface area contributed by atoms with Crippen LogP contribution in [0.15, 0.2) is 73.1 Å². The number of carbonyl (C=O) groups is 1. The molecule has 1 unspecified atom stereocenters. The number of rotatable bonds is 8. The Morgan fingerprint density at radius 1 is 1.05 bits per heavy atom. The van der Waals surface area contributed by atoms with Crippen LogP contribution in [0.1, 0.15) is 49.8 Å². The third-order valence-electron chi connectivity index (χ3n) is 8.19. The van der Waals surface area contributed by atoms with E-state index in [1.165, 1.54) is 18.5 Å². The zero-order valence-electron chi connectivity index (χ0n) is 24.7. The van der Waals surface area contributed by atoms with Crippen molar-refractivity contribution in [3.8, 4) is 22.6 Å². The fraction of sp³-hybridized carbons (Fsp3) is 0.382. The van der Waals surface area contributed by atoms with Crippen LogP contribution in [0.25, 0.3) is 22.2 Å². The zero-order valence-corrected chi connectivity index (χ0v) is 24.7. The number of carbonyl (C=O) groups excluding carboxylic acids is 1. The Bertz CT molecular complexity index is 1550. The standard InChI is InChI=1S/C30H32N6O2.C4H8O/c1-32-16-5-8-25(37)35-17-15-22(18-35)36-28(21-9-10-21)26(27-29(31)33-19-34-30(27)36)20-11-13-24(14-12-20)38-23-6-3-2-4-7-23;1-2-4-5-3-1/h2-8,11-14,19,21-22,32H,9-10,15-18H2,1H3,(H2,31,33,34);1-4H2/b8-5+;. The Hall–Kier alpha value is -4.21. The summed E-state index contributed by atoms with van der Waals surface area (Å²) in [7, 11) is 1.87. The van der Waals surface area contributed by atoms with Crippen molar-refractivity contribution >= 4 is 22.8 Å². The lowest BCUT2D eigenvalue weighted by Gasteiger charge is -2.19. The van der Waals surface area contributed by atoms with Gasteiger partial charge in [-0.1, -0.05) is 36.4 Å². The van der Waals surface area contributed by atoms with Gasteiger partial charge < -0.3 is 30.0 Å². The number of nitrogens with one attached hydrogen (secondary N) is 1. The Kier molecular flexibility index (Phi) is 9.00. The number of likely N-dealkylation sites (tertiary alicyclic amines) is 1. The molecular weight excluding hydrogens is 540 g/mol. The van der Waals surface area contributed by atoms with Gasteiger partial charge in [0.25, 0.3) is 0 Å². The summed E-state index contributed by atoms with van der Waals surface area (Å²) in [5.74, 6) is 2.55. The van der Waals surface area contributed by atoms with E-state index in [4.69, 9.17) is 20.2 Å². The van der Waals surface area contributed by atoms with E-state index in [0.29, 0.717) is 24.8 Å². The summed E-state index contributed by atoms with van der Waals surface area (Å²) < 4.78 is 13.3. The van der Waals surface area contributed by atoms with Crippen LogP contribution in [0.3, 0.4) is 0 Å². The van der Waals surface area contributed by atoms with Gasteiger partial charge in [-0.15, -0.1) is 0 Å². The molecule has 2 aliphatic heterocycles. The van der Waals surface area contributed by atoms with E-state index in [0.717, 1.165) is 72.7 Å². The van der Waals surface area contributed by atoms with E-state index < -0.39 is 0 Å². The van der Waals surface area contributed by atoms with Crippen molar-refractivity contribution in [2.75, 3.05) is 45.6 Å². The molecule has 9 nitrogen and oxygen atoms in total. The van der Waals surface area contributed by atoms with Gasteiger partial charge in [-0.05, 0) is 74.9 Å². The fourth-order valence-corrected chi connectivity index (χ4v) is 5.95. The minimum Gasteiger partial charge on any atom is -0.457 e. The molecule has 7 rings (SSSR count). The number of nitrogens with two attached hydrogens (primary N) is 1.